The maximum Gasteiger partial charge on any atom is 0.237 e. The Labute approximate surface area is 163 Å². The molecule has 0 saturated heterocycles. The molecule has 1 amide bonds. The lowest BCUT2D eigenvalue weighted by Crippen LogP contribution is -2.30. The fourth-order valence-electron chi connectivity index (χ4n) is 2.99. The summed E-state index contributed by atoms with van der Waals surface area (Å²) in [4.78, 5) is 14.4. The van der Waals surface area contributed by atoms with Crippen LogP contribution in [0.2, 0.25) is 0 Å². The molecule has 2 heterocycles. The molecule has 7 heteroatoms. The molecule has 0 bridgehead atoms. The molecule has 0 spiro atoms. The number of benzene rings is 1. The van der Waals surface area contributed by atoms with E-state index in [0.717, 1.165) is 47.0 Å². The second-order valence-corrected chi connectivity index (χ2v) is 8.87. The van der Waals surface area contributed by atoms with Crippen molar-refractivity contribution in [2.24, 2.45) is 5.92 Å². The molecule has 0 radical (unpaired) electrons. The minimum Gasteiger partial charge on any atom is -0.360 e. The van der Waals surface area contributed by atoms with Gasteiger partial charge in [-0.15, -0.1) is 10.2 Å². The molecule has 0 fully saturated rings. The van der Waals surface area contributed by atoms with E-state index in [0.29, 0.717) is 5.75 Å². The first-order valence-corrected chi connectivity index (χ1v) is 11.1. The summed E-state index contributed by atoms with van der Waals surface area (Å²) in [6, 6.07) is 8.14. The van der Waals surface area contributed by atoms with Gasteiger partial charge in [-0.2, -0.15) is 0 Å². The molecule has 26 heavy (non-hydrogen) atoms. The molecule has 1 aliphatic rings. The van der Waals surface area contributed by atoms with Crippen LogP contribution in [0.25, 0.3) is 0 Å². The predicted molar refractivity (Wildman–Crippen MR) is 110 cm³/mol. The minimum absolute atomic E-state index is 0.137. The lowest BCUT2D eigenvalue weighted by atomic mass is 10.0. The Morgan fingerprint density at radius 3 is 3.08 bits per heavy atom. The van der Waals surface area contributed by atoms with Crippen LogP contribution in [-0.4, -0.2) is 34.9 Å². The van der Waals surface area contributed by atoms with E-state index in [9.17, 15) is 4.79 Å². The molecule has 1 aromatic heterocycles. The molecular weight excluding hydrogens is 364 g/mol. The molecule has 3 rings (SSSR count). The number of nitrogens with zero attached hydrogens (tertiary/aromatic N) is 3. The molecule has 0 saturated carbocycles. The number of para-hydroxylation sites is 1. The molecule has 0 aliphatic carbocycles. The minimum atomic E-state index is 0.137. The summed E-state index contributed by atoms with van der Waals surface area (Å²) in [5.41, 5.74) is 2.31. The Hall–Kier alpha value is -1.60. The van der Waals surface area contributed by atoms with E-state index in [1.807, 2.05) is 23.1 Å². The smallest absolute Gasteiger partial charge is 0.237 e. The number of hydrogen-bond acceptors (Lipinski definition) is 6. The maximum absolute atomic E-state index is 12.5. The van der Waals surface area contributed by atoms with Gasteiger partial charge in [-0.3, -0.25) is 4.79 Å². The van der Waals surface area contributed by atoms with Gasteiger partial charge in [0.25, 0.3) is 0 Å². The number of carbonyl (C=O) groups excluding carboxylic acids is 1. The summed E-state index contributed by atoms with van der Waals surface area (Å²) >= 11 is 3.00. The second-order valence-electron chi connectivity index (χ2n) is 6.67. The molecule has 1 aliphatic heterocycles. The van der Waals surface area contributed by atoms with E-state index < -0.39 is 0 Å². The van der Waals surface area contributed by atoms with E-state index >= 15 is 0 Å². The van der Waals surface area contributed by atoms with Crippen LogP contribution >= 0.6 is 23.1 Å². The molecule has 140 valence electrons. The summed E-state index contributed by atoms with van der Waals surface area (Å²) in [5.74, 6) is 1.31. The van der Waals surface area contributed by atoms with Crippen LogP contribution < -0.4 is 10.2 Å². The number of fused-ring (bicyclic) bond motifs is 1. The molecule has 2 aromatic rings. The number of amides is 1. The second kappa shape index (κ2) is 9.37. The number of hydrogen-bond donors (Lipinski definition) is 1. The highest BCUT2D eigenvalue weighted by Gasteiger charge is 2.24. The molecule has 0 unspecified atom stereocenters. The summed E-state index contributed by atoms with van der Waals surface area (Å²) in [7, 11) is 0. The highest BCUT2D eigenvalue weighted by molar-refractivity contribution is 8.01. The van der Waals surface area contributed by atoms with Crippen molar-refractivity contribution in [2.45, 2.75) is 43.9 Å². The lowest BCUT2D eigenvalue weighted by Gasteiger charge is -2.16. The largest absolute Gasteiger partial charge is 0.360 e. The fraction of sp³-hybridized carbons (Fsp3) is 0.526. The van der Waals surface area contributed by atoms with E-state index in [1.165, 1.54) is 41.5 Å². The van der Waals surface area contributed by atoms with Crippen molar-refractivity contribution < 1.29 is 4.79 Å². The average molecular weight is 391 g/mol. The summed E-state index contributed by atoms with van der Waals surface area (Å²) < 4.78 is 0.843. The van der Waals surface area contributed by atoms with Gasteiger partial charge in [-0.1, -0.05) is 61.6 Å². The van der Waals surface area contributed by atoms with Crippen molar-refractivity contribution in [3.63, 3.8) is 0 Å². The van der Waals surface area contributed by atoms with Crippen molar-refractivity contribution in [1.29, 1.82) is 0 Å². The van der Waals surface area contributed by atoms with Crippen LogP contribution in [-0.2, 0) is 11.2 Å². The van der Waals surface area contributed by atoms with Crippen molar-refractivity contribution in [1.82, 2.24) is 10.2 Å². The van der Waals surface area contributed by atoms with Crippen LogP contribution in [0, 0.1) is 5.92 Å². The van der Waals surface area contributed by atoms with E-state index in [1.54, 1.807) is 0 Å². The zero-order valence-electron chi connectivity index (χ0n) is 15.4. The molecule has 5 nitrogen and oxygen atoms in total. The van der Waals surface area contributed by atoms with Gasteiger partial charge in [0.15, 0.2) is 4.34 Å². The Balaban J connectivity index is 1.43. The first-order valence-electron chi connectivity index (χ1n) is 9.25. The van der Waals surface area contributed by atoms with Gasteiger partial charge < -0.3 is 10.2 Å². The Morgan fingerprint density at radius 1 is 1.38 bits per heavy atom. The number of rotatable bonds is 9. The number of thioether (sulfide) groups is 1. The Bertz CT molecular complexity index is 734. The molecule has 1 aromatic carbocycles. The molecule has 1 N–H and O–H groups in total. The summed E-state index contributed by atoms with van der Waals surface area (Å²) in [5, 5.41) is 12.5. The lowest BCUT2D eigenvalue weighted by molar-refractivity contribution is -0.116. The van der Waals surface area contributed by atoms with Gasteiger partial charge in [0, 0.05) is 18.8 Å². The third-order valence-electron chi connectivity index (χ3n) is 4.76. The van der Waals surface area contributed by atoms with Crippen molar-refractivity contribution in [2.75, 3.05) is 29.1 Å². The van der Waals surface area contributed by atoms with Crippen LogP contribution in [0.3, 0.4) is 0 Å². The number of anilines is 2. The topological polar surface area (TPSA) is 58.1 Å². The first-order chi connectivity index (χ1) is 12.7. The number of nitrogens with one attached hydrogen (secondary N) is 1. The first kappa shape index (κ1) is 19.2. The quantitative estimate of drug-likeness (QED) is 0.506. The number of carbonyl (C=O) groups is 1. The normalized spacial score (nSPS) is 14.3. The Morgan fingerprint density at radius 2 is 2.23 bits per heavy atom. The van der Waals surface area contributed by atoms with Gasteiger partial charge in [0.05, 0.1) is 5.75 Å². The third kappa shape index (κ3) is 4.98. The third-order valence-corrected chi connectivity index (χ3v) is 6.76. The van der Waals surface area contributed by atoms with E-state index in [4.69, 9.17) is 0 Å². The van der Waals surface area contributed by atoms with Gasteiger partial charge in [-0.05, 0) is 36.8 Å². The van der Waals surface area contributed by atoms with Crippen LogP contribution in [0.1, 0.15) is 38.7 Å². The van der Waals surface area contributed by atoms with Crippen LogP contribution in [0.5, 0.6) is 0 Å². The fourth-order valence-corrected chi connectivity index (χ4v) is 4.64. The van der Waals surface area contributed by atoms with Crippen molar-refractivity contribution in [3.05, 3.63) is 29.8 Å². The zero-order chi connectivity index (χ0) is 18.4. The monoisotopic (exact) mass is 390 g/mol. The van der Waals surface area contributed by atoms with Gasteiger partial charge in [0.1, 0.15) is 0 Å². The van der Waals surface area contributed by atoms with Crippen LogP contribution in [0.15, 0.2) is 28.6 Å². The maximum atomic E-state index is 12.5. The van der Waals surface area contributed by atoms with Gasteiger partial charge in [-0.25, -0.2) is 0 Å². The Kier molecular flexibility index (Phi) is 6.91. The summed E-state index contributed by atoms with van der Waals surface area (Å²) in [6.07, 6.45) is 4.55. The molecule has 1 atom stereocenters. The van der Waals surface area contributed by atoms with E-state index in [-0.39, 0.29) is 5.91 Å². The van der Waals surface area contributed by atoms with Gasteiger partial charge in [0.2, 0.25) is 11.0 Å². The summed E-state index contributed by atoms with van der Waals surface area (Å²) in [6.45, 7) is 6.22. The zero-order valence-corrected chi connectivity index (χ0v) is 17.0. The van der Waals surface area contributed by atoms with E-state index in [2.05, 4.69) is 35.4 Å². The highest BCUT2D eigenvalue weighted by Crippen LogP contribution is 2.30. The van der Waals surface area contributed by atoms with Crippen LogP contribution in [0.4, 0.5) is 10.8 Å². The number of aromatic nitrogens is 2. The molecular formula is C19H26N4OS2. The average Bonchev–Trinajstić information content (AvgIpc) is 3.30. The van der Waals surface area contributed by atoms with Crippen molar-refractivity contribution >= 4 is 39.8 Å². The standard InChI is InChI=1S/C19H26N4OS2/c1-3-14(2)7-6-11-20-18-21-22-19(26-18)25-13-17(24)23-12-10-15-8-4-5-9-16(15)23/h4-5,8-9,14H,3,6-7,10-13H2,1-2H3,(H,20,21)/t14-/m0/s1. The predicted octanol–water partition coefficient (Wildman–Crippen LogP) is 4.46. The SMILES string of the molecule is CC[C@H](C)CCCNc1nnc(SCC(=O)N2CCc3ccccc32)s1. The van der Waals surface area contributed by atoms with Crippen molar-refractivity contribution in [3.8, 4) is 0 Å². The van der Waals surface area contributed by atoms with Gasteiger partial charge >= 0.3 is 0 Å². The highest BCUT2D eigenvalue weighted by atomic mass is 32.2.